The molecule has 0 fully saturated rings. The van der Waals surface area contributed by atoms with Gasteiger partial charge in [0.15, 0.2) is 0 Å². The highest BCUT2D eigenvalue weighted by atomic mass is 16.3. The van der Waals surface area contributed by atoms with Gasteiger partial charge in [0.1, 0.15) is 0 Å². The molecule has 0 bridgehead atoms. The molecule has 1 heteroatoms. The van der Waals surface area contributed by atoms with Gasteiger partial charge in [-0.25, -0.2) is 0 Å². The Morgan fingerprint density at radius 2 is 1.75 bits per heavy atom. The van der Waals surface area contributed by atoms with E-state index in [-0.39, 0.29) is 0 Å². The van der Waals surface area contributed by atoms with E-state index in [1.807, 2.05) is 6.92 Å². The van der Waals surface area contributed by atoms with E-state index in [1.165, 1.54) is 0 Å². The first-order valence-corrected chi connectivity index (χ1v) is 5.16. The lowest BCUT2D eigenvalue weighted by atomic mass is 9.80. The van der Waals surface area contributed by atoms with Crippen molar-refractivity contribution in [3.63, 3.8) is 0 Å². The highest BCUT2D eigenvalue weighted by Crippen LogP contribution is 2.29. The largest absolute Gasteiger partial charge is 0.390 e. The zero-order valence-electron chi connectivity index (χ0n) is 9.22. The molecule has 0 spiro atoms. The fraction of sp³-hybridized carbons (Fsp3) is 1.00. The van der Waals surface area contributed by atoms with E-state index < -0.39 is 5.60 Å². The molecule has 0 amide bonds. The smallest absolute Gasteiger partial charge is 0.0645 e. The van der Waals surface area contributed by atoms with Crippen LogP contribution in [0.5, 0.6) is 0 Å². The molecule has 0 radical (unpaired) electrons. The molecule has 0 rings (SSSR count). The van der Waals surface area contributed by atoms with Crippen molar-refractivity contribution in [1.82, 2.24) is 0 Å². The zero-order valence-corrected chi connectivity index (χ0v) is 9.22. The Hall–Kier alpha value is -0.0400. The first-order valence-electron chi connectivity index (χ1n) is 5.16. The van der Waals surface area contributed by atoms with Crippen molar-refractivity contribution in [3.05, 3.63) is 0 Å². The molecule has 12 heavy (non-hydrogen) atoms. The Bertz CT molecular complexity index is 116. The summed E-state index contributed by atoms with van der Waals surface area (Å²) < 4.78 is 0. The molecule has 1 N–H and O–H groups in total. The molecule has 0 heterocycles. The van der Waals surface area contributed by atoms with Gasteiger partial charge in [-0.05, 0) is 31.6 Å². The summed E-state index contributed by atoms with van der Waals surface area (Å²) in [6.45, 7) is 10.6. The second kappa shape index (κ2) is 4.86. The summed E-state index contributed by atoms with van der Waals surface area (Å²) >= 11 is 0. The number of aliphatic hydroxyl groups is 1. The fourth-order valence-electron chi connectivity index (χ4n) is 1.72. The first-order chi connectivity index (χ1) is 5.44. The van der Waals surface area contributed by atoms with Gasteiger partial charge in [0, 0.05) is 0 Å². The SMILES string of the molecule is CCC(CC(C)C)C(C)(O)CC. The third-order valence-electron chi connectivity index (χ3n) is 2.84. The summed E-state index contributed by atoms with van der Waals surface area (Å²) in [6.07, 6.45) is 3.08. The Morgan fingerprint density at radius 1 is 1.25 bits per heavy atom. The fourth-order valence-corrected chi connectivity index (χ4v) is 1.72. The summed E-state index contributed by atoms with van der Waals surface area (Å²) in [5.74, 6) is 1.15. The molecule has 0 aromatic carbocycles. The lowest BCUT2D eigenvalue weighted by Crippen LogP contribution is -2.34. The molecule has 74 valence electrons. The Kier molecular flexibility index (Phi) is 4.84. The van der Waals surface area contributed by atoms with Crippen LogP contribution in [0.15, 0.2) is 0 Å². The van der Waals surface area contributed by atoms with Crippen LogP contribution in [-0.4, -0.2) is 10.7 Å². The maximum atomic E-state index is 10.0. The van der Waals surface area contributed by atoms with Crippen LogP contribution >= 0.6 is 0 Å². The van der Waals surface area contributed by atoms with Crippen molar-refractivity contribution < 1.29 is 5.11 Å². The van der Waals surface area contributed by atoms with Crippen LogP contribution in [0.2, 0.25) is 0 Å². The zero-order chi connectivity index (χ0) is 9.78. The van der Waals surface area contributed by atoms with E-state index >= 15 is 0 Å². The molecule has 0 aromatic rings. The lowest BCUT2D eigenvalue weighted by Gasteiger charge is -2.32. The lowest BCUT2D eigenvalue weighted by molar-refractivity contribution is -0.0145. The maximum absolute atomic E-state index is 10.0. The van der Waals surface area contributed by atoms with Crippen molar-refractivity contribution in [1.29, 1.82) is 0 Å². The Balaban J connectivity index is 4.13. The highest BCUT2D eigenvalue weighted by molar-refractivity contribution is 4.80. The molecule has 0 aliphatic heterocycles. The predicted octanol–water partition coefficient (Wildman–Crippen LogP) is 3.22. The quantitative estimate of drug-likeness (QED) is 0.675. The Labute approximate surface area is 77.2 Å². The second-order valence-corrected chi connectivity index (χ2v) is 4.45. The van der Waals surface area contributed by atoms with Crippen LogP contribution in [0.4, 0.5) is 0 Å². The standard InChI is InChI=1S/C11H24O/c1-6-10(8-9(3)4)11(5,12)7-2/h9-10,12H,6-8H2,1-5H3. The van der Waals surface area contributed by atoms with Crippen molar-refractivity contribution in [2.75, 3.05) is 0 Å². The number of hydrogen-bond acceptors (Lipinski definition) is 1. The van der Waals surface area contributed by atoms with Gasteiger partial charge in [0.25, 0.3) is 0 Å². The summed E-state index contributed by atoms with van der Waals surface area (Å²) in [6, 6.07) is 0. The maximum Gasteiger partial charge on any atom is 0.0645 e. The van der Waals surface area contributed by atoms with Gasteiger partial charge >= 0.3 is 0 Å². The van der Waals surface area contributed by atoms with Crippen LogP contribution in [0.1, 0.15) is 53.9 Å². The summed E-state index contributed by atoms with van der Waals surface area (Å²) in [4.78, 5) is 0. The van der Waals surface area contributed by atoms with Crippen molar-refractivity contribution in [2.45, 2.75) is 59.5 Å². The van der Waals surface area contributed by atoms with E-state index in [0.29, 0.717) is 11.8 Å². The van der Waals surface area contributed by atoms with Gasteiger partial charge in [0.05, 0.1) is 5.60 Å². The molecule has 0 aliphatic rings. The van der Waals surface area contributed by atoms with Gasteiger partial charge in [0.2, 0.25) is 0 Å². The van der Waals surface area contributed by atoms with Crippen LogP contribution in [0.3, 0.4) is 0 Å². The average molecular weight is 172 g/mol. The van der Waals surface area contributed by atoms with E-state index in [4.69, 9.17) is 0 Å². The van der Waals surface area contributed by atoms with Gasteiger partial charge in [-0.3, -0.25) is 0 Å². The molecule has 0 saturated heterocycles. The van der Waals surface area contributed by atoms with Gasteiger partial charge < -0.3 is 5.11 Å². The second-order valence-electron chi connectivity index (χ2n) is 4.45. The number of rotatable bonds is 5. The summed E-state index contributed by atoms with van der Waals surface area (Å²) in [5.41, 5.74) is -0.459. The van der Waals surface area contributed by atoms with E-state index in [0.717, 1.165) is 19.3 Å². The topological polar surface area (TPSA) is 20.2 Å². The highest BCUT2D eigenvalue weighted by Gasteiger charge is 2.28. The molecular formula is C11H24O. The molecule has 2 atom stereocenters. The summed E-state index contributed by atoms with van der Waals surface area (Å²) in [5, 5.41) is 10.0. The third-order valence-corrected chi connectivity index (χ3v) is 2.84. The summed E-state index contributed by atoms with van der Waals surface area (Å²) in [7, 11) is 0. The third kappa shape index (κ3) is 3.57. The minimum atomic E-state index is -0.459. The van der Waals surface area contributed by atoms with Crippen molar-refractivity contribution >= 4 is 0 Å². The van der Waals surface area contributed by atoms with Crippen LogP contribution < -0.4 is 0 Å². The van der Waals surface area contributed by atoms with E-state index in [9.17, 15) is 5.11 Å². The first kappa shape index (κ1) is 12.0. The molecule has 0 aliphatic carbocycles. The molecule has 0 saturated carbocycles. The van der Waals surface area contributed by atoms with Gasteiger partial charge in [-0.2, -0.15) is 0 Å². The molecular weight excluding hydrogens is 148 g/mol. The van der Waals surface area contributed by atoms with E-state index in [2.05, 4.69) is 27.7 Å². The average Bonchev–Trinajstić information content (AvgIpc) is 1.99. The van der Waals surface area contributed by atoms with Crippen molar-refractivity contribution in [3.8, 4) is 0 Å². The van der Waals surface area contributed by atoms with Crippen LogP contribution in [-0.2, 0) is 0 Å². The van der Waals surface area contributed by atoms with E-state index in [1.54, 1.807) is 0 Å². The molecule has 1 nitrogen and oxygen atoms in total. The molecule has 2 unspecified atom stereocenters. The Morgan fingerprint density at radius 3 is 2.00 bits per heavy atom. The monoisotopic (exact) mass is 172 g/mol. The molecule has 0 aromatic heterocycles. The minimum absolute atomic E-state index is 0.459. The van der Waals surface area contributed by atoms with Crippen LogP contribution in [0.25, 0.3) is 0 Å². The van der Waals surface area contributed by atoms with Crippen LogP contribution in [0, 0.1) is 11.8 Å². The van der Waals surface area contributed by atoms with Gasteiger partial charge in [-0.1, -0.05) is 34.1 Å². The minimum Gasteiger partial charge on any atom is -0.390 e. The normalized spacial score (nSPS) is 19.2. The number of hydrogen-bond donors (Lipinski definition) is 1. The van der Waals surface area contributed by atoms with Gasteiger partial charge in [-0.15, -0.1) is 0 Å². The predicted molar refractivity (Wildman–Crippen MR) is 54.2 cm³/mol. The van der Waals surface area contributed by atoms with Crippen molar-refractivity contribution in [2.24, 2.45) is 11.8 Å².